The largest absolute Gasteiger partial charge is 0.482 e. The van der Waals surface area contributed by atoms with E-state index in [-0.39, 0.29) is 5.76 Å². The highest BCUT2D eigenvalue weighted by Gasteiger charge is 2.15. The number of hydrogen-bond acceptors (Lipinski definition) is 7. The van der Waals surface area contributed by atoms with E-state index in [1.165, 1.54) is 66.3 Å². The fourth-order valence-corrected chi connectivity index (χ4v) is 2.26. The van der Waals surface area contributed by atoms with Crippen LogP contribution in [0.4, 0.5) is 0 Å². The summed E-state index contributed by atoms with van der Waals surface area (Å²) < 4.78 is 14.1. The SMILES string of the molecule is CCCCCCCCCCC/C(=N/O/C(=C\C(=O)OC)C(=O)OC)OC. The molecule has 0 heterocycles. The van der Waals surface area contributed by atoms with Crippen molar-refractivity contribution in [2.24, 2.45) is 5.16 Å². The number of rotatable bonds is 14. The number of esters is 2. The van der Waals surface area contributed by atoms with Crippen molar-refractivity contribution in [3.8, 4) is 0 Å². The monoisotopic (exact) mass is 371 g/mol. The lowest BCUT2D eigenvalue weighted by molar-refractivity contribution is -0.142. The van der Waals surface area contributed by atoms with Gasteiger partial charge < -0.3 is 19.0 Å². The highest BCUT2D eigenvalue weighted by atomic mass is 16.7. The van der Waals surface area contributed by atoms with E-state index in [0.29, 0.717) is 12.3 Å². The van der Waals surface area contributed by atoms with Gasteiger partial charge in [0.05, 0.1) is 27.4 Å². The standard InChI is InChI=1S/C19H33NO6/c1-5-6-7-8-9-10-11-12-13-14-17(23-2)20-26-16(19(22)25-4)15-18(21)24-3/h15H,5-14H2,1-4H3/b16-15-,20-17-. The fraction of sp³-hybridized carbons (Fsp3) is 0.737. The maximum atomic E-state index is 11.6. The molecular weight excluding hydrogens is 338 g/mol. The second-order valence-electron chi connectivity index (χ2n) is 5.88. The molecule has 0 bridgehead atoms. The molecule has 26 heavy (non-hydrogen) atoms. The van der Waals surface area contributed by atoms with Crippen LogP contribution in [0, 0.1) is 0 Å². The summed E-state index contributed by atoms with van der Waals surface area (Å²) in [6, 6.07) is 0. The van der Waals surface area contributed by atoms with Gasteiger partial charge in [-0.2, -0.15) is 0 Å². The van der Waals surface area contributed by atoms with Gasteiger partial charge in [-0.25, -0.2) is 9.59 Å². The van der Waals surface area contributed by atoms with E-state index in [1.54, 1.807) is 0 Å². The Morgan fingerprint density at radius 2 is 1.38 bits per heavy atom. The molecule has 7 nitrogen and oxygen atoms in total. The second kappa shape index (κ2) is 16.4. The van der Waals surface area contributed by atoms with E-state index in [0.717, 1.165) is 18.9 Å². The van der Waals surface area contributed by atoms with Crippen LogP contribution >= 0.6 is 0 Å². The third-order valence-corrected chi connectivity index (χ3v) is 3.81. The van der Waals surface area contributed by atoms with Crippen LogP contribution < -0.4 is 0 Å². The van der Waals surface area contributed by atoms with Crippen LogP contribution in [0.2, 0.25) is 0 Å². The summed E-state index contributed by atoms with van der Waals surface area (Å²) in [7, 11) is 3.86. The first-order valence-corrected chi connectivity index (χ1v) is 9.24. The first-order chi connectivity index (χ1) is 12.6. The third-order valence-electron chi connectivity index (χ3n) is 3.81. The number of methoxy groups -OCH3 is 3. The highest BCUT2D eigenvalue weighted by molar-refractivity contribution is 5.94. The Balaban J connectivity index is 4.22. The number of hydrogen-bond donors (Lipinski definition) is 0. The van der Waals surface area contributed by atoms with Gasteiger partial charge in [-0.3, -0.25) is 0 Å². The minimum absolute atomic E-state index is 0.354. The van der Waals surface area contributed by atoms with E-state index in [4.69, 9.17) is 9.57 Å². The van der Waals surface area contributed by atoms with E-state index in [1.807, 2.05) is 0 Å². The summed E-state index contributed by atoms with van der Waals surface area (Å²) >= 11 is 0. The van der Waals surface area contributed by atoms with Gasteiger partial charge in [0.2, 0.25) is 11.7 Å². The first-order valence-electron chi connectivity index (χ1n) is 9.24. The van der Waals surface area contributed by atoms with Crippen LogP contribution in [-0.4, -0.2) is 39.2 Å². The molecule has 0 radical (unpaired) electrons. The molecule has 0 amide bonds. The van der Waals surface area contributed by atoms with Crippen LogP contribution in [-0.2, 0) is 28.6 Å². The summed E-state index contributed by atoms with van der Waals surface area (Å²) in [6.45, 7) is 2.22. The number of ether oxygens (including phenoxy) is 3. The zero-order valence-corrected chi connectivity index (χ0v) is 16.5. The number of carbonyl (C=O) groups is 2. The summed E-state index contributed by atoms with van der Waals surface area (Å²) in [6.07, 6.45) is 12.4. The molecule has 0 aliphatic carbocycles. The number of nitrogens with zero attached hydrogens (tertiary/aromatic N) is 1. The Bertz CT molecular complexity index is 459. The van der Waals surface area contributed by atoms with E-state index in [2.05, 4.69) is 21.6 Å². The molecule has 0 unspecified atom stereocenters. The third kappa shape index (κ3) is 12.3. The first kappa shape index (κ1) is 23.9. The zero-order valence-electron chi connectivity index (χ0n) is 16.5. The molecule has 150 valence electrons. The quantitative estimate of drug-likeness (QED) is 0.0869. The van der Waals surface area contributed by atoms with Crippen molar-refractivity contribution in [3.05, 3.63) is 11.8 Å². The predicted molar refractivity (Wildman–Crippen MR) is 99.5 cm³/mol. The molecule has 0 atom stereocenters. The van der Waals surface area contributed by atoms with Crippen molar-refractivity contribution in [3.63, 3.8) is 0 Å². The Morgan fingerprint density at radius 3 is 1.88 bits per heavy atom. The number of unbranched alkanes of at least 4 members (excludes halogenated alkanes) is 8. The molecule has 0 N–H and O–H groups in total. The van der Waals surface area contributed by atoms with Crippen molar-refractivity contribution in [2.75, 3.05) is 21.3 Å². The minimum atomic E-state index is -0.822. The molecule has 0 spiro atoms. The van der Waals surface area contributed by atoms with E-state index in [9.17, 15) is 9.59 Å². The van der Waals surface area contributed by atoms with Gasteiger partial charge in [-0.1, -0.05) is 58.3 Å². The van der Waals surface area contributed by atoms with E-state index >= 15 is 0 Å². The summed E-state index contributed by atoms with van der Waals surface area (Å²) in [5, 5.41) is 3.78. The maximum absolute atomic E-state index is 11.6. The van der Waals surface area contributed by atoms with Crippen molar-refractivity contribution in [1.82, 2.24) is 0 Å². The molecule has 7 heteroatoms. The predicted octanol–water partition coefficient (Wildman–Crippen LogP) is 4.11. The summed E-state index contributed by atoms with van der Waals surface area (Å²) in [5.41, 5.74) is 0. The maximum Gasteiger partial charge on any atom is 0.377 e. The average Bonchev–Trinajstić information content (AvgIpc) is 2.66. The molecule has 0 aliphatic heterocycles. The van der Waals surface area contributed by atoms with Crippen LogP contribution in [0.5, 0.6) is 0 Å². The fourth-order valence-electron chi connectivity index (χ4n) is 2.26. The van der Waals surface area contributed by atoms with Crippen LogP contribution in [0.25, 0.3) is 0 Å². The van der Waals surface area contributed by atoms with E-state index < -0.39 is 11.9 Å². The van der Waals surface area contributed by atoms with Gasteiger partial charge in [0.1, 0.15) is 0 Å². The summed E-state index contributed by atoms with van der Waals surface area (Å²) in [5.74, 6) is -1.57. The lowest BCUT2D eigenvalue weighted by Crippen LogP contribution is -2.11. The van der Waals surface area contributed by atoms with Crippen molar-refractivity contribution < 1.29 is 28.6 Å². The van der Waals surface area contributed by atoms with Gasteiger partial charge in [0.15, 0.2) is 0 Å². The summed E-state index contributed by atoms with van der Waals surface area (Å²) in [4.78, 5) is 27.8. The van der Waals surface area contributed by atoms with Gasteiger partial charge in [-0.15, -0.1) is 0 Å². The number of oxime groups is 1. The van der Waals surface area contributed by atoms with Crippen molar-refractivity contribution >= 4 is 17.8 Å². The highest BCUT2D eigenvalue weighted by Crippen LogP contribution is 2.11. The molecule has 0 aromatic carbocycles. The second-order valence-corrected chi connectivity index (χ2v) is 5.88. The molecule has 0 saturated heterocycles. The van der Waals surface area contributed by atoms with Gasteiger partial charge in [0.25, 0.3) is 0 Å². The molecule has 0 aliphatic rings. The smallest absolute Gasteiger partial charge is 0.377 e. The Morgan fingerprint density at radius 1 is 0.808 bits per heavy atom. The Labute approximate surface area is 156 Å². The van der Waals surface area contributed by atoms with Gasteiger partial charge in [0, 0.05) is 6.42 Å². The lowest BCUT2D eigenvalue weighted by Gasteiger charge is -2.06. The molecule has 0 aromatic rings. The van der Waals surface area contributed by atoms with Crippen LogP contribution in [0.3, 0.4) is 0 Å². The average molecular weight is 371 g/mol. The lowest BCUT2D eigenvalue weighted by atomic mass is 10.1. The van der Waals surface area contributed by atoms with Gasteiger partial charge >= 0.3 is 11.9 Å². The Kier molecular flexibility index (Phi) is 15.1. The van der Waals surface area contributed by atoms with Crippen LogP contribution in [0.1, 0.15) is 71.1 Å². The van der Waals surface area contributed by atoms with Crippen molar-refractivity contribution in [1.29, 1.82) is 0 Å². The molecule has 0 fully saturated rings. The molecule has 0 saturated carbocycles. The Hall–Kier alpha value is -2.05. The molecule has 0 aromatic heterocycles. The van der Waals surface area contributed by atoms with Crippen molar-refractivity contribution in [2.45, 2.75) is 71.1 Å². The number of carbonyl (C=O) groups excluding carboxylic acids is 2. The zero-order chi connectivity index (χ0) is 19.6. The minimum Gasteiger partial charge on any atom is -0.482 e. The normalized spacial score (nSPS) is 11.8. The molecular formula is C19H33NO6. The topological polar surface area (TPSA) is 83.4 Å². The molecule has 0 rings (SSSR count). The van der Waals surface area contributed by atoms with Crippen LogP contribution in [0.15, 0.2) is 17.0 Å². The van der Waals surface area contributed by atoms with Gasteiger partial charge in [-0.05, 0) is 11.6 Å².